The highest BCUT2D eigenvalue weighted by molar-refractivity contribution is 6.05. The Labute approximate surface area is 172 Å². The predicted octanol–water partition coefficient (Wildman–Crippen LogP) is 4.81. The van der Waals surface area contributed by atoms with Crippen molar-refractivity contribution in [2.24, 2.45) is 0 Å². The molecule has 0 bridgehead atoms. The fraction of sp³-hybridized carbons (Fsp3) is 0.318. The van der Waals surface area contributed by atoms with Crippen molar-refractivity contribution in [3.63, 3.8) is 0 Å². The maximum Gasteiger partial charge on any atom is 0.416 e. The zero-order valence-corrected chi connectivity index (χ0v) is 16.8. The van der Waals surface area contributed by atoms with Crippen LogP contribution in [0.4, 0.5) is 13.2 Å². The van der Waals surface area contributed by atoms with Gasteiger partial charge in [0.25, 0.3) is 5.91 Å². The van der Waals surface area contributed by atoms with Gasteiger partial charge < -0.3 is 19.5 Å². The van der Waals surface area contributed by atoms with Crippen molar-refractivity contribution < 1.29 is 32.5 Å². The van der Waals surface area contributed by atoms with Gasteiger partial charge in [0.05, 0.1) is 32.4 Å². The van der Waals surface area contributed by atoms with Gasteiger partial charge in [-0.1, -0.05) is 19.1 Å². The largest absolute Gasteiger partial charge is 0.503 e. The molecule has 1 unspecified atom stereocenters. The second-order valence-corrected chi connectivity index (χ2v) is 6.87. The average molecular weight is 421 g/mol. The van der Waals surface area contributed by atoms with E-state index in [0.717, 1.165) is 12.1 Å². The van der Waals surface area contributed by atoms with E-state index in [2.05, 4.69) is 0 Å². The predicted molar refractivity (Wildman–Crippen MR) is 105 cm³/mol. The van der Waals surface area contributed by atoms with Gasteiger partial charge in [0.2, 0.25) is 0 Å². The number of rotatable bonds is 6. The lowest BCUT2D eigenvalue weighted by Crippen LogP contribution is -2.34. The van der Waals surface area contributed by atoms with E-state index in [0.29, 0.717) is 34.6 Å². The maximum atomic E-state index is 12.9. The van der Waals surface area contributed by atoms with Gasteiger partial charge in [0.1, 0.15) is 11.5 Å². The Balaban J connectivity index is 1.93. The molecule has 0 radical (unpaired) electrons. The molecule has 2 aromatic carbocycles. The molecule has 0 saturated heterocycles. The quantitative estimate of drug-likeness (QED) is 0.727. The lowest BCUT2D eigenvalue weighted by molar-refractivity contribution is -0.137. The van der Waals surface area contributed by atoms with Crippen molar-refractivity contribution in [2.45, 2.75) is 32.1 Å². The molecular weight excluding hydrogens is 399 g/mol. The van der Waals surface area contributed by atoms with Crippen molar-refractivity contribution in [3.05, 3.63) is 64.9 Å². The third-order valence-electron chi connectivity index (χ3n) is 5.17. The van der Waals surface area contributed by atoms with Gasteiger partial charge in [-0.05, 0) is 36.2 Å². The Kier molecular flexibility index (Phi) is 5.96. The summed E-state index contributed by atoms with van der Waals surface area (Å²) in [6.45, 7) is 2.01. The molecule has 1 amide bonds. The number of alkyl halides is 3. The van der Waals surface area contributed by atoms with Crippen LogP contribution in [0.1, 0.15) is 30.0 Å². The number of halogens is 3. The highest BCUT2D eigenvalue weighted by atomic mass is 19.4. The van der Waals surface area contributed by atoms with Crippen LogP contribution in [-0.4, -0.2) is 36.2 Å². The second-order valence-electron chi connectivity index (χ2n) is 6.87. The Bertz CT molecular complexity index is 967. The monoisotopic (exact) mass is 421 g/mol. The van der Waals surface area contributed by atoms with E-state index in [1.807, 2.05) is 6.92 Å². The standard InChI is InChI=1S/C22H22F3NO4/c1-4-17-19(13-5-8-15(9-6-13)22(23,24)25)20(27)21(28)26(17)12-14-7-10-16(29-2)11-18(14)30-3/h5-11,17,27H,4,12H2,1-3H3. The molecule has 1 aliphatic heterocycles. The minimum Gasteiger partial charge on any atom is -0.503 e. The summed E-state index contributed by atoms with van der Waals surface area (Å²) in [6.07, 6.45) is -3.98. The topological polar surface area (TPSA) is 59.0 Å². The van der Waals surface area contributed by atoms with E-state index < -0.39 is 29.4 Å². The molecule has 1 heterocycles. The van der Waals surface area contributed by atoms with Gasteiger partial charge in [-0.2, -0.15) is 13.2 Å². The molecule has 0 saturated carbocycles. The molecule has 8 heteroatoms. The SMILES string of the molecule is CCC1C(c2ccc(C(F)(F)F)cc2)=C(O)C(=O)N1Cc1ccc(OC)cc1OC. The number of aliphatic hydroxyl groups excluding tert-OH is 1. The first kappa shape index (κ1) is 21.5. The normalized spacial score (nSPS) is 16.9. The van der Waals surface area contributed by atoms with Gasteiger partial charge in [-0.25, -0.2) is 0 Å². The van der Waals surface area contributed by atoms with Crippen molar-refractivity contribution in [3.8, 4) is 11.5 Å². The summed E-state index contributed by atoms with van der Waals surface area (Å²) in [7, 11) is 3.04. The van der Waals surface area contributed by atoms with Gasteiger partial charge in [0.15, 0.2) is 5.76 Å². The van der Waals surface area contributed by atoms with Crippen molar-refractivity contribution >= 4 is 11.5 Å². The number of carbonyl (C=O) groups is 1. The number of benzene rings is 2. The summed E-state index contributed by atoms with van der Waals surface area (Å²) in [6, 6.07) is 9.17. The molecule has 2 aromatic rings. The van der Waals surface area contributed by atoms with Gasteiger partial charge in [0, 0.05) is 17.2 Å². The van der Waals surface area contributed by atoms with Crippen LogP contribution in [0.25, 0.3) is 5.57 Å². The van der Waals surface area contributed by atoms with E-state index in [9.17, 15) is 23.1 Å². The molecule has 1 aliphatic rings. The maximum absolute atomic E-state index is 12.9. The van der Waals surface area contributed by atoms with Crippen LogP contribution < -0.4 is 9.47 Å². The van der Waals surface area contributed by atoms with Crippen LogP contribution in [0.15, 0.2) is 48.2 Å². The highest BCUT2D eigenvalue weighted by Gasteiger charge is 2.39. The average Bonchev–Trinajstić information content (AvgIpc) is 2.97. The molecule has 1 atom stereocenters. The number of methoxy groups -OCH3 is 2. The third-order valence-corrected chi connectivity index (χ3v) is 5.17. The van der Waals surface area contributed by atoms with Crippen LogP contribution in [0.3, 0.4) is 0 Å². The molecule has 3 rings (SSSR count). The Morgan fingerprint density at radius 1 is 1.07 bits per heavy atom. The number of nitrogens with zero attached hydrogens (tertiary/aromatic N) is 1. The summed E-state index contributed by atoms with van der Waals surface area (Å²) in [5, 5.41) is 10.5. The van der Waals surface area contributed by atoms with Crippen molar-refractivity contribution in [2.75, 3.05) is 14.2 Å². The number of hydrogen-bond donors (Lipinski definition) is 1. The summed E-state index contributed by atoms with van der Waals surface area (Å²) in [5.41, 5.74) is 0.628. The smallest absolute Gasteiger partial charge is 0.416 e. The number of amides is 1. The molecule has 0 spiro atoms. The van der Waals surface area contributed by atoms with E-state index >= 15 is 0 Å². The third kappa shape index (κ3) is 3.94. The lowest BCUT2D eigenvalue weighted by atomic mass is 9.96. The van der Waals surface area contributed by atoms with E-state index in [4.69, 9.17) is 9.47 Å². The lowest BCUT2D eigenvalue weighted by Gasteiger charge is -2.27. The minimum atomic E-state index is -4.46. The Hall–Kier alpha value is -3.16. The fourth-order valence-corrected chi connectivity index (χ4v) is 3.65. The van der Waals surface area contributed by atoms with E-state index in [-0.39, 0.29) is 6.54 Å². The Morgan fingerprint density at radius 3 is 2.27 bits per heavy atom. The number of hydrogen-bond acceptors (Lipinski definition) is 4. The zero-order valence-electron chi connectivity index (χ0n) is 16.8. The van der Waals surface area contributed by atoms with Crippen LogP contribution in [0.5, 0.6) is 11.5 Å². The first-order valence-corrected chi connectivity index (χ1v) is 9.33. The summed E-state index contributed by atoms with van der Waals surface area (Å²) >= 11 is 0. The molecule has 0 aliphatic carbocycles. The summed E-state index contributed by atoms with van der Waals surface area (Å²) in [4.78, 5) is 14.3. The van der Waals surface area contributed by atoms with Crippen molar-refractivity contribution in [1.82, 2.24) is 4.90 Å². The first-order chi connectivity index (χ1) is 14.2. The summed E-state index contributed by atoms with van der Waals surface area (Å²) in [5.74, 6) is 0.102. The second kappa shape index (κ2) is 8.30. The van der Waals surface area contributed by atoms with E-state index in [1.165, 1.54) is 31.3 Å². The molecular formula is C22H22F3NO4. The Morgan fingerprint density at radius 2 is 1.73 bits per heavy atom. The van der Waals surface area contributed by atoms with Crippen molar-refractivity contribution in [1.29, 1.82) is 0 Å². The zero-order chi connectivity index (χ0) is 22.1. The number of carbonyl (C=O) groups excluding carboxylic acids is 1. The molecule has 30 heavy (non-hydrogen) atoms. The number of aliphatic hydroxyl groups is 1. The molecule has 160 valence electrons. The van der Waals surface area contributed by atoms with Crippen LogP contribution >= 0.6 is 0 Å². The van der Waals surface area contributed by atoms with Crippen LogP contribution in [-0.2, 0) is 17.5 Å². The molecule has 1 N–H and O–H groups in total. The molecule has 0 aromatic heterocycles. The number of ether oxygens (including phenoxy) is 2. The minimum absolute atomic E-state index is 0.165. The van der Waals surface area contributed by atoms with Crippen LogP contribution in [0, 0.1) is 0 Å². The fourth-order valence-electron chi connectivity index (χ4n) is 3.65. The molecule has 0 fully saturated rings. The highest BCUT2D eigenvalue weighted by Crippen LogP contribution is 2.38. The first-order valence-electron chi connectivity index (χ1n) is 9.33. The van der Waals surface area contributed by atoms with Crippen LogP contribution in [0.2, 0.25) is 0 Å². The molecule has 5 nitrogen and oxygen atoms in total. The van der Waals surface area contributed by atoms with E-state index in [1.54, 1.807) is 18.2 Å². The van der Waals surface area contributed by atoms with Gasteiger partial charge in [-0.3, -0.25) is 4.79 Å². The van der Waals surface area contributed by atoms with Gasteiger partial charge >= 0.3 is 6.18 Å². The summed E-state index contributed by atoms with van der Waals surface area (Å²) < 4.78 is 49.2. The van der Waals surface area contributed by atoms with Gasteiger partial charge in [-0.15, -0.1) is 0 Å².